The van der Waals surface area contributed by atoms with Gasteiger partial charge in [0.1, 0.15) is 25.5 Å². The Morgan fingerprint density at radius 2 is 1.90 bits per heavy atom. The number of carbonyl (C=O) groups is 1. The topological polar surface area (TPSA) is 107 Å². The van der Waals surface area contributed by atoms with Crippen LogP contribution in [0.2, 0.25) is 0 Å². The number of benzene rings is 2. The summed E-state index contributed by atoms with van der Waals surface area (Å²) in [6.07, 6.45) is 1.03. The summed E-state index contributed by atoms with van der Waals surface area (Å²) < 4.78 is 41.6. The molecule has 0 unspecified atom stereocenters. The van der Waals surface area contributed by atoms with Gasteiger partial charge in [0.15, 0.2) is 11.5 Å². The minimum atomic E-state index is -3.70. The van der Waals surface area contributed by atoms with Crippen LogP contribution in [0.15, 0.2) is 47.6 Å². The Morgan fingerprint density at radius 1 is 1.17 bits per heavy atom. The van der Waals surface area contributed by atoms with Crippen LogP contribution in [-0.2, 0) is 14.8 Å². The lowest BCUT2D eigenvalue weighted by atomic mass is 10.1. The molecule has 0 saturated carbocycles. The largest absolute Gasteiger partial charge is 0.497 e. The molecule has 9 nitrogen and oxygen atoms in total. The lowest BCUT2D eigenvalue weighted by Gasteiger charge is -2.21. The van der Waals surface area contributed by atoms with Crippen LogP contribution in [0, 0.1) is 0 Å². The van der Waals surface area contributed by atoms with Crippen molar-refractivity contribution < 1.29 is 27.4 Å². The number of methoxy groups -OCH3 is 1. The molecule has 10 heteroatoms. The van der Waals surface area contributed by atoms with E-state index in [4.69, 9.17) is 14.2 Å². The van der Waals surface area contributed by atoms with Gasteiger partial charge in [-0.05, 0) is 37.3 Å². The zero-order valence-electron chi connectivity index (χ0n) is 16.9. The van der Waals surface area contributed by atoms with E-state index >= 15 is 0 Å². The minimum absolute atomic E-state index is 0.319. The van der Waals surface area contributed by atoms with Gasteiger partial charge in [0.25, 0.3) is 5.91 Å². The molecule has 2 aromatic carbocycles. The highest BCUT2D eigenvalue weighted by Gasteiger charge is 2.21. The molecule has 1 heterocycles. The lowest BCUT2D eigenvalue weighted by molar-refractivity contribution is -0.119. The van der Waals surface area contributed by atoms with Crippen molar-refractivity contribution in [1.29, 1.82) is 0 Å². The molecule has 0 atom stereocenters. The first-order valence-electron chi connectivity index (χ1n) is 9.13. The molecule has 1 amide bonds. The Balaban J connectivity index is 1.72. The monoisotopic (exact) mass is 433 g/mol. The molecule has 3 rings (SSSR count). The fraction of sp³-hybridized carbons (Fsp3) is 0.300. The fourth-order valence-electron chi connectivity index (χ4n) is 2.81. The van der Waals surface area contributed by atoms with E-state index in [9.17, 15) is 13.2 Å². The lowest BCUT2D eigenvalue weighted by Crippen LogP contribution is -2.39. The van der Waals surface area contributed by atoms with Crippen LogP contribution in [-0.4, -0.2) is 53.2 Å². The standard InChI is InChI=1S/C20H23N3O6S/c1-14(15-7-8-18-19(11-15)29-10-9-28-18)21-22-20(24)13-23(30(3,25)26)16-5-4-6-17(12-16)27-2/h4-8,11-12H,9-10,13H2,1-3H3,(H,22,24)/b21-14-. The van der Waals surface area contributed by atoms with E-state index in [0.717, 1.165) is 16.1 Å². The summed E-state index contributed by atoms with van der Waals surface area (Å²) in [6.45, 7) is 2.26. The van der Waals surface area contributed by atoms with Gasteiger partial charge in [0.05, 0.1) is 24.8 Å². The first kappa shape index (κ1) is 21.4. The second-order valence-corrected chi connectivity index (χ2v) is 8.47. The average Bonchev–Trinajstić information content (AvgIpc) is 2.74. The van der Waals surface area contributed by atoms with Gasteiger partial charge in [-0.2, -0.15) is 5.10 Å². The van der Waals surface area contributed by atoms with Crippen LogP contribution in [0.4, 0.5) is 5.69 Å². The second-order valence-electron chi connectivity index (χ2n) is 6.56. The van der Waals surface area contributed by atoms with Crippen molar-refractivity contribution in [3.8, 4) is 17.2 Å². The Kier molecular flexibility index (Phi) is 6.46. The summed E-state index contributed by atoms with van der Waals surface area (Å²) in [5.74, 6) is 1.17. The summed E-state index contributed by atoms with van der Waals surface area (Å²) in [4.78, 5) is 12.4. The molecule has 0 aromatic heterocycles. The molecule has 0 spiro atoms. The predicted molar refractivity (Wildman–Crippen MR) is 113 cm³/mol. The molecule has 0 radical (unpaired) electrons. The summed E-state index contributed by atoms with van der Waals surface area (Å²) in [5.41, 5.74) is 4.00. The Bertz CT molecular complexity index is 1070. The highest BCUT2D eigenvalue weighted by atomic mass is 32.2. The third-order valence-corrected chi connectivity index (χ3v) is 5.48. The molecule has 0 saturated heterocycles. The smallest absolute Gasteiger partial charge is 0.260 e. The number of anilines is 1. The number of rotatable bonds is 7. The van der Waals surface area contributed by atoms with Gasteiger partial charge < -0.3 is 14.2 Å². The number of nitrogens with zero attached hydrogens (tertiary/aromatic N) is 2. The maximum absolute atomic E-state index is 12.4. The fourth-order valence-corrected chi connectivity index (χ4v) is 3.66. The number of sulfonamides is 1. The van der Waals surface area contributed by atoms with E-state index in [0.29, 0.717) is 41.9 Å². The van der Waals surface area contributed by atoms with Crippen LogP contribution in [0.1, 0.15) is 12.5 Å². The van der Waals surface area contributed by atoms with E-state index in [2.05, 4.69) is 10.5 Å². The zero-order valence-corrected chi connectivity index (χ0v) is 17.7. The number of hydrogen-bond donors (Lipinski definition) is 1. The van der Waals surface area contributed by atoms with Gasteiger partial charge in [0.2, 0.25) is 10.0 Å². The molecule has 1 N–H and O–H groups in total. The summed E-state index contributed by atoms with van der Waals surface area (Å²) in [7, 11) is -2.22. The first-order chi connectivity index (χ1) is 14.3. The van der Waals surface area contributed by atoms with E-state index < -0.39 is 22.5 Å². The van der Waals surface area contributed by atoms with Gasteiger partial charge in [-0.3, -0.25) is 9.10 Å². The summed E-state index contributed by atoms with van der Waals surface area (Å²) >= 11 is 0. The third-order valence-electron chi connectivity index (χ3n) is 4.34. The van der Waals surface area contributed by atoms with Crippen LogP contribution in [0.5, 0.6) is 17.2 Å². The van der Waals surface area contributed by atoms with Crippen molar-refractivity contribution in [2.75, 3.05) is 37.4 Å². The van der Waals surface area contributed by atoms with E-state index in [1.807, 2.05) is 0 Å². The van der Waals surface area contributed by atoms with Crippen molar-refractivity contribution in [2.45, 2.75) is 6.92 Å². The Labute approximate surface area is 175 Å². The molecule has 0 bridgehead atoms. The Morgan fingerprint density at radius 3 is 2.60 bits per heavy atom. The molecule has 1 aliphatic rings. The predicted octanol–water partition coefficient (Wildman–Crippen LogP) is 1.77. The second kappa shape index (κ2) is 9.04. The molecule has 1 aliphatic heterocycles. The highest BCUT2D eigenvalue weighted by molar-refractivity contribution is 7.92. The van der Waals surface area contributed by atoms with Crippen molar-refractivity contribution in [3.63, 3.8) is 0 Å². The van der Waals surface area contributed by atoms with Crippen molar-refractivity contribution in [3.05, 3.63) is 48.0 Å². The maximum atomic E-state index is 12.4. The van der Waals surface area contributed by atoms with Crippen LogP contribution < -0.4 is 23.9 Å². The maximum Gasteiger partial charge on any atom is 0.260 e. The van der Waals surface area contributed by atoms with Gasteiger partial charge in [0, 0.05) is 11.6 Å². The highest BCUT2D eigenvalue weighted by Crippen LogP contribution is 2.30. The number of nitrogens with one attached hydrogen (secondary N) is 1. The molecule has 0 fully saturated rings. The van der Waals surface area contributed by atoms with Crippen LogP contribution >= 0.6 is 0 Å². The van der Waals surface area contributed by atoms with Crippen molar-refractivity contribution in [2.24, 2.45) is 5.10 Å². The summed E-state index contributed by atoms with van der Waals surface area (Å²) in [5, 5.41) is 4.08. The molecule has 160 valence electrons. The number of amides is 1. The van der Waals surface area contributed by atoms with E-state index in [1.165, 1.54) is 13.2 Å². The molecular weight excluding hydrogens is 410 g/mol. The Hall–Kier alpha value is -3.27. The van der Waals surface area contributed by atoms with Gasteiger partial charge in [-0.25, -0.2) is 13.8 Å². The quantitative estimate of drug-likeness (QED) is 0.527. The first-order valence-corrected chi connectivity index (χ1v) is 11.0. The number of fused-ring (bicyclic) bond motifs is 1. The minimum Gasteiger partial charge on any atom is -0.497 e. The molecule has 2 aromatic rings. The molecule has 30 heavy (non-hydrogen) atoms. The van der Waals surface area contributed by atoms with Crippen LogP contribution in [0.3, 0.4) is 0 Å². The average molecular weight is 433 g/mol. The van der Waals surface area contributed by atoms with Crippen molar-refractivity contribution >= 4 is 27.3 Å². The van der Waals surface area contributed by atoms with Gasteiger partial charge >= 0.3 is 0 Å². The zero-order chi connectivity index (χ0) is 21.7. The van der Waals surface area contributed by atoms with E-state index in [1.54, 1.807) is 43.3 Å². The van der Waals surface area contributed by atoms with Gasteiger partial charge in [-0.15, -0.1) is 0 Å². The third kappa shape index (κ3) is 5.20. The molecular formula is C20H23N3O6S. The summed E-state index contributed by atoms with van der Waals surface area (Å²) in [6, 6.07) is 11.8. The SMILES string of the molecule is COc1cccc(N(CC(=O)N/N=C(/C)c2ccc3c(c2)OCCO3)S(C)(=O)=O)c1. The molecule has 0 aliphatic carbocycles. The number of ether oxygens (including phenoxy) is 3. The number of carbonyl (C=O) groups excluding carboxylic acids is 1. The number of hydrogen-bond acceptors (Lipinski definition) is 7. The van der Waals surface area contributed by atoms with E-state index in [-0.39, 0.29) is 0 Å². The number of hydrazone groups is 1. The van der Waals surface area contributed by atoms with Crippen molar-refractivity contribution in [1.82, 2.24) is 5.43 Å². The van der Waals surface area contributed by atoms with Gasteiger partial charge in [-0.1, -0.05) is 6.07 Å². The normalized spacial score (nSPS) is 13.5. The van der Waals surface area contributed by atoms with Crippen LogP contribution in [0.25, 0.3) is 0 Å².